The summed E-state index contributed by atoms with van der Waals surface area (Å²) < 4.78 is 5.66. The van der Waals surface area contributed by atoms with E-state index in [2.05, 4.69) is 23.8 Å². The van der Waals surface area contributed by atoms with Crippen LogP contribution in [-0.4, -0.2) is 41.7 Å². The normalized spacial score (nSPS) is 13.5. The minimum absolute atomic E-state index is 0.0359. The smallest absolute Gasteiger partial charge is 0.257 e. The number of carbonyl (C=O) groups is 1. The van der Waals surface area contributed by atoms with Crippen molar-refractivity contribution in [1.29, 1.82) is 0 Å². The molecule has 0 saturated carbocycles. The fourth-order valence-electron chi connectivity index (χ4n) is 3.09. The van der Waals surface area contributed by atoms with Crippen molar-refractivity contribution in [2.24, 2.45) is 21.5 Å². The highest BCUT2D eigenvalue weighted by Crippen LogP contribution is 2.34. The second-order valence-corrected chi connectivity index (χ2v) is 7.89. The molecular formula is C23H33N5O3. The number of nitrogens with zero attached hydrogens (tertiary/aromatic N) is 3. The second kappa shape index (κ2) is 10.1. The number of amidine groups is 2. The van der Waals surface area contributed by atoms with Crippen LogP contribution in [0.15, 0.2) is 38.9 Å². The summed E-state index contributed by atoms with van der Waals surface area (Å²) in [6.07, 6.45) is 2.98. The van der Waals surface area contributed by atoms with Crippen LogP contribution in [0.4, 0.5) is 5.69 Å². The number of aliphatic imine (C=N–C) groups is 2. The van der Waals surface area contributed by atoms with E-state index in [0.29, 0.717) is 24.5 Å². The van der Waals surface area contributed by atoms with Gasteiger partial charge in [-0.2, -0.15) is 0 Å². The Labute approximate surface area is 183 Å². The van der Waals surface area contributed by atoms with Crippen molar-refractivity contribution in [3.8, 4) is 5.75 Å². The Kier molecular flexibility index (Phi) is 7.85. The molecule has 0 aliphatic heterocycles. The average molecular weight is 428 g/mol. The third-order valence-corrected chi connectivity index (χ3v) is 5.06. The number of phenolic OH excluding ortho intramolecular Hbond substituents is 1. The topological polar surface area (TPSA) is 130 Å². The van der Waals surface area contributed by atoms with Crippen LogP contribution in [0.5, 0.6) is 5.75 Å². The van der Waals surface area contributed by atoms with E-state index in [1.54, 1.807) is 32.5 Å². The lowest BCUT2D eigenvalue weighted by Gasteiger charge is -2.16. The van der Waals surface area contributed by atoms with Gasteiger partial charge in [0, 0.05) is 14.1 Å². The summed E-state index contributed by atoms with van der Waals surface area (Å²) in [6.45, 7) is 8.06. The first-order valence-corrected chi connectivity index (χ1v) is 10.4. The standard InChI is InChI=1S/C23H33N5O3/c1-7-14-9-10-17(20(29)19(14)23(30)28(5)6)27-22(25)21(24)26-16(8-2)18-11-15(12-31-18)13(3)4/h9-13,16,29H,7-8H2,1-6H3,(H2,24,26)(H2,25,27)/t16-/m1/s1. The third-order valence-electron chi connectivity index (χ3n) is 5.06. The summed E-state index contributed by atoms with van der Waals surface area (Å²) in [4.78, 5) is 22.6. The van der Waals surface area contributed by atoms with Gasteiger partial charge in [0.2, 0.25) is 0 Å². The van der Waals surface area contributed by atoms with Gasteiger partial charge in [-0.05, 0) is 42.0 Å². The van der Waals surface area contributed by atoms with Gasteiger partial charge in [0.1, 0.15) is 17.5 Å². The molecule has 1 atom stereocenters. The third kappa shape index (κ3) is 5.45. The number of carbonyl (C=O) groups excluding carboxylic acids is 1. The molecule has 8 nitrogen and oxygen atoms in total. The zero-order valence-corrected chi connectivity index (χ0v) is 19.1. The number of benzene rings is 1. The summed E-state index contributed by atoms with van der Waals surface area (Å²) in [7, 11) is 3.25. The first-order chi connectivity index (χ1) is 14.6. The van der Waals surface area contributed by atoms with Crippen LogP contribution in [0.1, 0.15) is 73.3 Å². The Balaban J connectivity index is 2.40. The van der Waals surface area contributed by atoms with Crippen LogP contribution in [0.2, 0.25) is 0 Å². The molecule has 5 N–H and O–H groups in total. The lowest BCUT2D eigenvalue weighted by molar-refractivity contribution is 0.0823. The Bertz CT molecular complexity index is 989. The summed E-state index contributed by atoms with van der Waals surface area (Å²) in [5.41, 5.74) is 14.3. The van der Waals surface area contributed by atoms with Crippen molar-refractivity contribution in [1.82, 2.24) is 4.90 Å². The average Bonchev–Trinajstić information content (AvgIpc) is 3.22. The highest BCUT2D eigenvalue weighted by Gasteiger charge is 2.21. The molecule has 0 saturated heterocycles. The lowest BCUT2D eigenvalue weighted by Crippen LogP contribution is -2.31. The van der Waals surface area contributed by atoms with Crippen LogP contribution in [0, 0.1) is 0 Å². The van der Waals surface area contributed by atoms with Crippen LogP contribution >= 0.6 is 0 Å². The fourth-order valence-corrected chi connectivity index (χ4v) is 3.09. The maximum absolute atomic E-state index is 12.5. The molecule has 0 aliphatic carbocycles. The van der Waals surface area contributed by atoms with Gasteiger partial charge >= 0.3 is 0 Å². The van der Waals surface area contributed by atoms with Crippen molar-refractivity contribution < 1.29 is 14.3 Å². The van der Waals surface area contributed by atoms with Crippen molar-refractivity contribution in [3.63, 3.8) is 0 Å². The van der Waals surface area contributed by atoms with Gasteiger partial charge in [-0.1, -0.05) is 33.8 Å². The SMILES string of the molecule is CCc1ccc(N=C(N)C(N)=N[C@H](CC)c2cc(C(C)C)co2)c(O)c1C(=O)N(C)C. The van der Waals surface area contributed by atoms with E-state index >= 15 is 0 Å². The molecule has 0 bridgehead atoms. The number of nitrogens with two attached hydrogens (primary N) is 2. The van der Waals surface area contributed by atoms with Gasteiger partial charge in [-0.3, -0.25) is 9.79 Å². The van der Waals surface area contributed by atoms with Gasteiger partial charge < -0.3 is 25.9 Å². The molecule has 168 valence electrons. The summed E-state index contributed by atoms with van der Waals surface area (Å²) in [6, 6.07) is 5.03. The number of aryl methyl sites for hydroxylation is 1. The van der Waals surface area contributed by atoms with Crippen molar-refractivity contribution in [2.75, 3.05) is 14.1 Å². The molecular weight excluding hydrogens is 394 g/mol. The Morgan fingerprint density at radius 3 is 2.39 bits per heavy atom. The zero-order valence-electron chi connectivity index (χ0n) is 19.1. The van der Waals surface area contributed by atoms with E-state index in [-0.39, 0.29) is 40.6 Å². The highest BCUT2D eigenvalue weighted by atomic mass is 16.3. The van der Waals surface area contributed by atoms with E-state index in [0.717, 1.165) is 11.1 Å². The van der Waals surface area contributed by atoms with Crippen LogP contribution < -0.4 is 11.5 Å². The fraction of sp³-hybridized carbons (Fsp3) is 0.435. The van der Waals surface area contributed by atoms with E-state index in [1.807, 2.05) is 19.9 Å². The number of rotatable bonds is 7. The molecule has 1 amide bonds. The largest absolute Gasteiger partial charge is 0.505 e. The van der Waals surface area contributed by atoms with Crippen molar-refractivity contribution in [2.45, 2.75) is 52.5 Å². The molecule has 0 aliphatic rings. The van der Waals surface area contributed by atoms with E-state index in [1.165, 1.54) is 4.90 Å². The Hall–Kier alpha value is -3.29. The maximum Gasteiger partial charge on any atom is 0.257 e. The quantitative estimate of drug-likeness (QED) is 0.456. The molecule has 0 spiro atoms. The molecule has 2 rings (SSSR count). The van der Waals surface area contributed by atoms with Gasteiger partial charge in [0.05, 0.1) is 11.8 Å². The van der Waals surface area contributed by atoms with Gasteiger partial charge in [0.15, 0.2) is 17.4 Å². The second-order valence-electron chi connectivity index (χ2n) is 7.89. The molecule has 2 aromatic rings. The lowest BCUT2D eigenvalue weighted by atomic mass is 10.0. The molecule has 1 heterocycles. The number of phenols is 1. The number of amides is 1. The molecule has 1 aromatic heterocycles. The summed E-state index contributed by atoms with van der Waals surface area (Å²) in [5.74, 6) is 0.502. The predicted molar refractivity (Wildman–Crippen MR) is 124 cm³/mol. The number of hydrogen-bond donors (Lipinski definition) is 3. The highest BCUT2D eigenvalue weighted by molar-refractivity contribution is 6.39. The van der Waals surface area contributed by atoms with Crippen molar-refractivity contribution in [3.05, 3.63) is 46.9 Å². The summed E-state index contributed by atoms with van der Waals surface area (Å²) in [5, 5.41) is 10.7. The van der Waals surface area contributed by atoms with E-state index in [4.69, 9.17) is 15.9 Å². The zero-order chi connectivity index (χ0) is 23.3. The first-order valence-electron chi connectivity index (χ1n) is 10.4. The predicted octanol–water partition coefficient (Wildman–Crippen LogP) is 3.87. The van der Waals surface area contributed by atoms with E-state index < -0.39 is 0 Å². The molecule has 0 fully saturated rings. The Morgan fingerprint density at radius 1 is 1.19 bits per heavy atom. The first kappa shape index (κ1) is 24.0. The van der Waals surface area contributed by atoms with Crippen molar-refractivity contribution >= 4 is 23.3 Å². The molecule has 31 heavy (non-hydrogen) atoms. The van der Waals surface area contributed by atoms with Crippen LogP contribution in [0.3, 0.4) is 0 Å². The minimum Gasteiger partial charge on any atom is -0.505 e. The Morgan fingerprint density at radius 2 is 1.87 bits per heavy atom. The summed E-state index contributed by atoms with van der Waals surface area (Å²) >= 11 is 0. The minimum atomic E-state index is -0.309. The monoisotopic (exact) mass is 427 g/mol. The van der Waals surface area contributed by atoms with E-state index in [9.17, 15) is 9.90 Å². The van der Waals surface area contributed by atoms with Gasteiger partial charge in [0.25, 0.3) is 5.91 Å². The molecule has 8 heteroatoms. The van der Waals surface area contributed by atoms with Crippen LogP contribution in [0.25, 0.3) is 0 Å². The molecule has 0 radical (unpaired) electrons. The van der Waals surface area contributed by atoms with Crippen LogP contribution in [-0.2, 0) is 6.42 Å². The number of aromatic hydroxyl groups is 1. The maximum atomic E-state index is 12.5. The molecule has 0 unspecified atom stereocenters. The number of furan rings is 1. The number of hydrogen-bond acceptors (Lipinski definition) is 5. The van der Waals surface area contributed by atoms with Gasteiger partial charge in [-0.15, -0.1) is 0 Å². The molecule has 1 aromatic carbocycles. The van der Waals surface area contributed by atoms with Gasteiger partial charge in [-0.25, -0.2) is 4.99 Å².